The fraction of sp³-hybridized carbons (Fsp3) is 0.462. The van der Waals surface area contributed by atoms with E-state index in [1.807, 2.05) is 33.8 Å². The Hall–Kier alpha value is -1.11. The maximum absolute atomic E-state index is 4.37. The van der Waals surface area contributed by atoms with Gasteiger partial charge in [-0.1, -0.05) is 45.9 Å². The van der Waals surface area contributed by atoms with Gasteiger partial charge in [-0.15, -0.1) is 0 Å². The van der Waals surface area contributed by atoms with E-state index < -0.39 is 0 Å². The van der Waals surface area contributed by atoms with Gasteiger partial charge in [-0.3, -0.25) is 4.99 Å². The molecule has 0 aliphatic carbocycles. The van der Waals surface area contributed by atoms with Crippen LogP contribution < -0.4 is 0 Å². The van der Waals surface area contributed by atoms with Crippen molar-refractivity contribution in [3.63, 3.8) is 0 Å². The Bertz CT molecular complexity index is 287. The second kappa shape index (κ2) is 7.31. The van der Waals surface area contributed by atoms with Crippen molar-refractivity contribution in [3.8, 4) is 0 Å². The van der Waals surface area contributed by atoms with Gasteiger partial charge in [0.15, 0.2) is 0 Å². The van der Waals surface area contributed by atoms with E-state index in [1.165, 1.54) is 11.3 Å². The van der Waals surface area contributed by atoms with Crippen LogP contribution in [0.3, 0.4) is 0 Å². The standard InChI is InChI=1S/C9H9N.2C2H6/c1-7-6-8-4-2-3-5-9(8)10-7;2*1-2/h2-5H,6H2,1H3;2*1-2H3. The number of nitrogens with zero attached hydrogens (tertiary/aromatic N) is 1. The molecule has 14 heavy (non-hydrogen) atoms. The molecule has 0 saturated carbocycles. The molecule has 0 atom stereocenters. The molecule has 1 heterocycles. The van der Waals surface area contributed by atoms with Crippen molar-refractivity contribution >= 4 is 11.4 Å². The molecule has 0 aromatic heterocycles. The average molecular weight is 191 g/mol. The number of hydrogen-bond acceptors (Lipinski definition) is 1. The van der Waals surface area contributed by atoms with Crippen LogP contribution in [0.25, 0.3) is 0 Å². The Labute approximate surface area is 87.9 Å². The largest absolute Gasteiger partial charge is 0.257 e. The minimum Gasteiger partial charge on any atom is -0.257 e. The molecule has 1 aliphatic heterocycles. The second-order valence-electron chi connectivity index (χ2n) is 2.65. The first-order chi connectivity index (χ1) is 6.86. The number of aliphatic imine (C=N–C) groups is 1. The molecule has 0 radical (unpaired) electrons. The van der Waals surface area contributed by atoms with E-state index >= 15 is 0 Å². The fourth-order valence-corrected chi connectivity index (χ4v) is 1.29. The molecule has 0 N–H and O–H groups in total. The Balaban J connectivity index is 0.000000379. The Morgan fingerprint density at radius 3 is 2.14 bits per heavy atom. The van der Waals surface area contributed by atoms with E-state index in [1.54, 1.807) is 0 Å². The van der Waals surface area contributed by atoms with Gasteiger partial charge in [-0.05, 0) is 18.6 Å². The number of benzene rings is 1. The first kappa shape index (κ1) is 12.9. The van der Waals surface area contributed by atoms with Crippen LogP contribution in [0.2, 0.25) is 0 Å². The van der Waals surface area contributed by atoms with Gasteiger partial charge in [0.25, 0.3) is 0 Å². The molecular weight excluding hydrogens is 170 g/mol. The Morgan fingerprint density at radius 1 is 1.00 bits per heavy atom. The summed E-state index contributed by atoms with van der Waals surface area (Å²) in [6, 6.07) is 8.29. The van der Waals surface area contributed by atoms with Crippen LogP contribution in [0.1, 0.15) is 40.2 Å². The average Bonchev–Trinajstić information content (AvgIpc) is 2.64. The van der Waals surface area contributed by atoms with Crippen LogP contribution in [-0.4, -0.2) is 5.71 Å². The minimum atomic E-state index is 1.04. The third-order valence-electron chi connectivity index (χ3n) is 1.75. The van der Waals surface area contributed by atoms with Crippen molar-refractivity contribution in [2.24, 2.45) is 4.99 Å². The molecule has 1 aromatic rings. The highest BCUT2D eigenvalue weighted by atomic mass is 14.8. The number of fused-ring (bicyclic) bond motifs is 1. The molecule has 0 fully saturated rings. The molecule has 0 spiro atoms. The zero-order valence-corrected chi connectivity index (χ0v) is 9.96. The van der Waals surface area contributed by atoms with E-state index in [2.05, 4.69) is 30.1 Å². The number of para-hydroxylation sites is 1. The van der Waals surface area contributed by atoms with Crippen molar-refractivity contribution < 1.29 is 0 Å². The van der Waals surface area contributed by atoms with E-state index in [-0.39, 0.29) is 0 Å². The predicted octanol–water partition coefficient (Wildman–Crippen LogP) is 4.39. The summed E-state index contributed by atoms with van der Waals surface area (Å²) in [4.78, 5) is 4.37. The summed E-state index contributed by atoms with van der Waals surface area (Å²) in [5.74, 6) is 0. The summed E-state index contributed by atoms with van der Waals surface area (Å²) >= 11 is 0. The molecule has 0 amide bonds. The predicted molar refractivity (Wildman–Crippen MR) is 65.6 cm³/mol. The topological polar surface area (TPSA) is 12.4 Å². The lowest BCUT2D eigenvalue weighted by atomic mass is 10.1. The quantitative estimate of drug-likeness (QED) is 0.577. The summed E-state index contributed by atoms with van der Waals surface area (Å²) in [5, 5.41) is 0. The summed E-state index contributed by atoms with van der Waals surface area (Å²) in [6.45, 7) is 10.1. The number of hydrogen-bond donors (Lipinski definition) is 0. The van der Waals surface area contributed by atoms with Crippen LogP contribution in [0.15, 0.2) is 29.3 Å². The van der Waals surface area contributed by atoms with Crippen LogP contribution in [0.4, 0.5) is 5.69 Å². The molecule has 1 heteroatoms. The molecule has 2 rings (SSSR count). The maximum atomic E-state index is 4.37. The summed E-state index contributed by atoms with van der Waals surface area (Å²) < 4.78 is 0. The molecule has 0 bridgehead atoms. The van der Waals surface area contributed by atoms with Gasteiger partial charge in [0.05, 0.1) is 5.69 Å². The minimum absolute atomic E-state index is 1.04. The van der Waals surface area contributed by atoms with Gasteiger partial charge < -0.3 is 0 Å². The molecule has 1 aliphatic rings. The first-order valence-corrected chi connectivity index (χ1v) is 5.48. The summed E-state index contributed by atoms with van der Waals surface area (Å²) in [5.41, 5.74) is 3.74. The van der Waals surface area contributed by atoms with Gasteiger partial charge in [0.2, 0.25) is 0 Å². The monoisotopic (exact) mass is 191 g/mol. The Kier molecular flexibility index (Phi) is 6.73. The van der Waals surface area contributed by atoms with Crippen molar-refractivity contribution in [2.45, 2.75) is 41.0 Å². The van der Waals surface area contributed by atoms with E-state index in [9.17, 15) is 0 Å². The van der Waals surface area contributed by atoms with Crippen LogP contribution in [0.5, 0.6) is 0 Å². The van der Waals surface area contributed by atoms with Crippen molar-refractivity contribution in [1.29, 1.82) is 0 Å². The van der Waals surface area contributed by atoms with Gasteiger partial charge in [0.1, 0.15) is 0 Å². The molecule has 0 saturated heterocycles. The third-order valence-corrected chi connectivity index (χ3v) is 1.75. The van der Waals surface area contributed by atoms with E-state index in [0.717, 1.165) is 12.1 Å². The normalized spacial score (nSPS) is 11.4. The third kappa shape index (κ3) is 3.33. The molecule has 1 nitrogen and oxygen atoms in total. The highest BCUT2D eigenvalue weighted by Crippen LogP contribution is 2.25. The highest BCUT2D eigenvalue weighted by molar-refractivity contribution is 5.91. The van der Waals surface area contributed by atoms with Crippen molar-refractivity contribution in [3.05, 3.63) is 29.8 Å². The van der Waals surface area contributed by atoms with Crippen molar-refractivity contribution in [2.75, 3.05) is 0 Å². The molecule has 1 aromatic carbocycles. The molecule has 0 unspecified atom stereocenters. The zero-order valence-electron chi connectivity index (χ0n) is 9.96. The lowest BCUT2D eigenvalue weighted by Crippen LogP contribution is -1.87. The van der Waals surface area contributed by atoms with Crippen molar-refractivity contribution in [1.82, 2.24) is 0 Å². The summed E-state index contributed by atoms with van der Waals surface area (Å²) in [6.07, 6.45) is 1.04. The van der Waals surface area contributed by atoms with Gasteiger partial charge >= 0.3 is 0 Å². The van der Waals surface area contributed by atoms with Crippen LogP contribution in [-0.2, 0) is 6.42 Å². The lowest BCUT2D eigenvalue weighted by Gasteiger charge is -1.91. The van der Waals surface area contributed by atoms with E-state index in [0.29, 0.717) is 0 Å². The van der Waals surface area contributed by atoms with Crippen LogP contribution in [0, 0.1) is 0 Å². The lowest BCUT2D eigenvalue weighted by molar-refractivity contribution is 1.39. The van der Waals surface area contributed by atoms with Crippen LogP contribution >= 0.6 is 0 Å². The molecule has 78 valence electrons. The SMILES string of the molecule is CC.CC.CC1=Nc2ccccc2C1. The summed E-state index contributed by atoms with van der Waals surface area (Å²) in [7, 11) is 0. The smallest absolute Gasteiger partial charge is 0.0664 e. The molecular formula is C13H21N. The van der Waals surface area contributed by atoms with Gasteiger partial charge in [-0.2, -0.15) is 0 Å². The zero-order chi connectivity index (χ0) is 11.0. The first-order valence-electron chi connectivity index (χ1n) is 5.48. The van der Waals surface area contributed by atoms with Gasteiger partial charge in [-0.25, -0.2) is 0 Å². The second-order valence-corrected chi connectivity index (χ2v) is 2.65. The fourth-order valence-electron chi connectivity index (χ4n) is 1.29. The Morgan fingerprint density at radius 2 is 1.57 bits per heavy atom. The maximum Gasteiger partial charge on any atom is 0.0664 e. The highest BCUT2D eigenvalue weighted by Gasteiger charge is 2.08. The van der Waals surface area contributed by atoms with E-state index in [4.69, 9.17) is 0 Å². The number of rotatable bonds is 0. The van der Waals surface area contributed by atoms with Gasteiger partial charge in [0, 0.05) is 12.1 Å².